The van der Waals surface area contributed by atoms with Crippen LogP contribution in [-0.4, -0.2) is 71.4 Å². The Morgan fingerprint density at radius 2 is 1.82 bits per heavy atom. The van der Waals surface area contributed by atoms with Crippen LogP contribution < -0.4 is 10.6 Å². The Morgan fingerprint density at radius 3 is 2.54 bits per heavy atom. The van der Waals surface area contributed by atoms with Crippen molar-refractivity contribution in [3.05, 3.63) is 46.2 Å². The first-order chi connectivity index (χ1) is 18.8. The largest absolute Gasteiger partial charge is 0.335 e. The molecule has 2 saturated heterocycles. The molecule has 9 heteroatoms. The molecular formula is C30H42FN5O2S. The number of anilines is 1. The Bertz CT molecular complexity index is 1130. The summed E-state index contributed by atoms with van der Waals surface area (Å²) in [4.78, 5) is 35.1. The molecule has 212 valence electrons. The minimum atomic E-state index is -0.240. The first kappa shape index (κ1) is 28.2. The molecule has 2 amide bonds. The maximum atomic E-state index is 13.4. The number of nitrogens with zero attached hydrogens (tertiary/aromatic N) is 3. The van der Waals surface area contributed by atoms with Crippen molar-refractivity contribution in [1.82, 2.24) is 20.1 Å². The van der Waals surface area contributed by atoms with E-state index < -0.39 is 0 Å². The fraction of sp³-hybridized carbons (Fsp3) is 0.633. The molecule has 5 rings (SSSR count). The molecule has 0 radical (unpaired) electrons. The number of piperidine rings is 2. The van der Waals surface area contributed by atoms with Crippen molar-refractivity contribution in [2.45, 2.75) is 77.3 Å². The second-order valence-electron chi connectivity index (χ2n) is 11.8. The number of likely N-dealkylation sites (tertiary alicyclic amines) is 2. The van der Waals surface area contributed by atoms with E-state index in [2.05, 4.69) is 25.4 Å². The van der Waals surface area contributed by atoms with Crippen molar-refractivity contribution in [2.75, 3.05) is 38.0 Å². The zero-order chi connectivity index (χ0) is 27.4. The molecule has 7 nitrogen and oxygen atoms in total. The molecule has 1 aliphatic carbocycles. The third-order valence-corrected chi connectivity index (χ3v) is 9.97. The predicted octanol–water partition coefficient (Wildman–Crippen LogP) is 5.50. The fourth-order valence-corrected chi connectivity index (χ4v) is 7.74. The number of carbonyl (C=O) groups is 2. The summed E-state index contributed by atoms with van der Waals surface area (Å²) in [7, 11) is 0. The first-order valence-electron chi connectivity index (χ1n) is 14.6. The van der Waals surface area contributed by atoms with E-state index in [-0.39, 0.29) is 23.7 Å². The van der Waals surface area contributed by atoms with E-state index in [1.54, 1.807) is 19.1 Å². The van der Waals surface area contributed by atoms with Gasteiger partial charge in [-0.25, -0.2) is 14.2 Å². The summed E-state index contributed by atoms with van der Waals surface area (Å²) in [6, 6.07) is 7.48. The van der Waals surface area contributed by atoms with Gasteiger partial charge in [-0.3, -0.25) is 15.0 Å². The molecule has 0 spiro atoms. The molecule has 0 bridgehead atoms. The first-order valence-corrected chi connectivity index (χ1v) is 15.4. The monoisotopic (exact) mass is 555 g/mol. The van der Waals surface area contributed by atoms with E-state index in [0.29, 0.717) is 33.6 Å². The highest BCUT2D eigenvalue weighted by molar-refractivity contribution is 7.17. The summed E-state index contributed by atoms with van der Waals surface area (Å²) in [5.41, 5.74) is 1.86. The van der Waals surface area contributed by atoms with Gasteiger partial charge in [0.25, 0.3) is 0 Å². The van der Waals surface area contributed by atoms with E-state index in [0.717, 1.165) is 45.6 Å². The van der Waals surface area contributed by atoms with E-state index in [1.165, 1.54) is 62.3 Å². The molecule has 39 heavy (non-hydrogen) atoms. The highest BCUT2D eigenvalue weighted by Gasteiger charge is 2.36. The number of ketones is 1. The van der Waals surface area contributed by atoms with E-state index in [1.807, 2.05) is 12.1 Å². The van der Waals surface area contributed by atoms with Crippen LogP contribution in [0.3, 0.4) is 0 Å². The highest BCUT2D eigenvalue weighted by atomic mass is 32.1. The Morgan fingerprint density at radius 1 is 1.05 bits per heavy atom. The molecule has 3 aliphatic rings. The number of aryl methyl sites for hydroxylation is 1. The summed E-state index contributed by atoms with van der Waals surface area (Å²) >= 11 is 1.24. The summed E-state index contributed by atoms with van der Waals surface area (Å²) < 4.78 is 13.4. The zero-order valence-corrected chi connectivity index (χ0v) is 24.1. The van der Waals surface area contributed by atoms with E-state index in [9.17, 15) is 14.0 Å². The molecule has 3 heterocycles. The smallest absolute Gasteiger partial charge is 0.321 e. The molecule has 1 unspecified atom stereocenters. The fourth-order valence-electron chi connectivity index (χ4n) is 6.88. The van der Waals surface area contributed by atoms with E-state index >= 15 is 0 Å². The second-order valence-corrected chi connectivity index (χ2v) is 12.8. The number of Topliss-reactive ketones (excluding diaryl/α,β-unsaturated/α-hetero) is 1. The number of rotatable bonds is 8. The van der Waals surface area contributed by atoms with Crippen molar-refractivity contribution in [3.63, 3.8) is 0 Å². The van der Waals surface area contributed by atoms with Gasteiger partial charge < -0.3 is 10.2 Å². The third-order valence-electron chi connectivity index (χ3n) is 8.79. The van der Waals surface area contributed by atoms with Gasteiger partial charge in [-0.2, -0.15) is 0 Å². The Kier molecular flexibility index (Phi) is 9.30. The lowest BCUT2D eigenvalue weighted by atomic mass is 9.87. The van der Waals surface area contributed by atoms with Gasteiger partial charge in [0.15, 0.2) is 10.9 Å². The number of benzene rings is 1. The molecule has 2 aromatic rings. The SMILES string of the molecule is CC(=O)c1sc(NC(=O)N[C@@H]2CCN(C3CCCC3)C[C@H]2CN2CCCC(Cc3ccc(F)cc3)C2)nc1C. The van der Waals surface area contributed by atoms with Gasteiger partial charge in [0, 0.05) is 51.1 Å². The normalized spacial score (nSPS) is 25.1. The van der Waals surface area contributed by atoms with Gasteiger partial charge in [-0.05, 0) is 75.6 Å². The summed E-state index contributed by atoms with van der Waals surface area (Å²) in [6.45, 7) is 8.46. The maximum Gasteiger partial charge on any atom is 0.321 e. The lowest BCUT2D eigenvalue weighted by Crippen LogP contribution is -2.57. The second kappa shape index (κ2) is 12.9. The number of halogens is 1. The average molecular weight is 556 g/mol. The molecular weight excluding hydrogens is 513 g/mol. The van der Waals surface area contributed by atoms with Crippen LogP contribution in [0, 0.1) is 24.6 Å². The highest BCUT2D eigenvalue weighted by Crippen LogP contribution is 2.30. The molecule has 2 aliphatic heterocycles. The van der Waals surface area contributed by atoms with Crippen molar-refractivity contribution in [2.24, 2.45) is 11.8 Å². The van der Waals surface area contributed by atoms with E-state index in [4.69, 9.17) is 0 Å². The van der Waals surface area contributed by atoms with Crippen molar-refractivity contribution < 1.29 is 14.0 Å². The molecule has 2 N–H and O–H groups in total. The summed E-state index contributed by atoms with van der Waals surface area (Å²) in [5, 5.41) is 6.63. The topological polar surface area (TPSA) is 77.6 Å². The number of nitrogens with one attached hydrogen (secondary N) is 2. The average Bonchev–Trinajstić information content (AvgIpc) is 3.57. The van der Waals surface area contributed by atoms with Gasteiger partial charge >= 0.3 is 6.03 Å². The Labute approximate surface area is 235 Å². The third kappa shape index (κ3) is 7.44. The number of thiazole rings is 1. The quantitative estimate of drug-likeness (QED) is 0.421. The van der Waals surface area contributed by atoms with Crippen LogP contribution in [-0.2, 0) is 6.42 Å². The number of hydrogen-bond acceptors (Lipinski definition) is 6. The van der Waals surface area contributed by atoms with Crippen LogP contribution in [0.1, 0.15) is 72.8 Å². The maximum absolute atomic E-state index is 13.4. The van der Waals surface area contributed by atoms with Gasteiger partial charge in [-0.15, -0.1) is 0 Å². The number of amides is 2. The van der Waals surface area contributed by atoms with Gasteiger partial charge in [0.1, 0.15) is 5.82 Å². The molecule has 1 aromatic carbocycles. The van der Waals surface area contributed by atoms with Crippen molar-refractivity contribution >= 4 is 28.3 Å². The van der Waals surface area contributed by atoms with Gasteiger partial charge in [0.2, 0.25) is 0 Å². The van der Waals surface area contributed by atoms with Crippen LogP contribution in [0.25, 0.3) is 0 Å². The lowest BCUT2D eigenvalue weighted by Gasteiger charge is -2.44. The summed E-state index contributed by atoms with van der Waals surface area (Å²) in [6.07, 6.45) is 9.52. The van der Waals surface area contributed by atoms with Gasteiger partial charge in [-0.1, -0.05) is 36.3 Å². The van der Waals surface area contributed by atoms with Crippen LogP contribution in [0.2, 0.25) is 0 Å². The van der Waals surface area contributed by atoms with Crippen LogP contribution >= 0.6 is 11.3 Å². The predicted molar refractivity (Wildman–Crippen MR) is 154 cm³/mol. The number of urea groups is 1. The Hall–Kier alpha value is -2.36. The molecule has 1 aromatic heterocycles. The number of carbonyl (C=O) groups excluding carboxylic acids is 2. The zero-order valence-electron chi connectivity index (χ0n) is 23.3. The number of hydrogen-bond donors (Lipinski definition) is 2. The standard InChI is InChI=1S/C30H42FN5O2S/c1-20-28(21(2)37)39-30(32-20)34-29(38)33-27-13-15-36(26-7-3-4-8-26)19-24(27)18-35-14-5-6-23(17-35)16-22-9-11-25(31)12-10-22/h9-12,23-24,26-27H,3-8,13-19H2,1-2H3,(H2,32,33,34,38)/t23?,24-,27-/m1/s1. The van der Waals surface area contributed by atoms with Crippen molar-refractivity contribution in [1.29, 1.82) is 0 Å². The molecule has 1 saturated carbocycles. The molecule has 3 fully saturated rings. The van der Waals surface area contributed by atoms with Crippen LogP contribution in [0.15, 0.2) is 24.3 Å². The summed E-state index contributed by atoms with van der Waals surface area (Å²) in [5.74, 6) is 0.703. The van der Waals surface area contributed by atoms with Crippen molar-refractivity contribution in [3.8, 4) is 0 Å². The van der Waals surface area contributed by atoms with Gasteiger partial charge in [0.05, 0.1) is 10.6 Å². The van der Waals surface area contributed by atoms with Crippen LogP contribution in [0.4, 0.5) is 14.3 Å². The minimum Gasteiger partial charge on any atom is -0.335 e. The Balaban J connectivity index is 1.22. The lowest BCUT2D eigenvalue weighted by molar-refractivity contribution is 0.0646. The molecule has 3 atom stereocenters. The number of aromatic nitrogens is 1. The van der Waals surface area contributed by atoms with Crippen LogP contribution in [0.5, 0.6) is 0 Å². The minimum absolute atomic E-state index is 0.0305.